The number of rotatable bonds is 7. The van der Waals surface area contributed by atoms with Crippen LogP contribution in [0.1, 0.15) is 12.1 Å². The van der Waals surface area contributed by atoms with Gasteiger partial charge in [0, 0.05) is 20.6 Å². The topological polar surface area (TPSA) is 73.4 Å². The van der Waals surface area contributed by atoms with Gasteiger partial charge in [0.2, 0.25) is 5.82 Å². The van der Waals surface area contributed by atoms with Crippen molar-refractivity contribution < 1.29 is 9.66 Å². The van der Waals surface area contributed by atoms with Crippen LogP contribution in [0.3, 0.4) is 0 Å². The zero-order chi connectivity index (χ0) is 16.1. The van der Waals surface area contributed by atoms with E-state index < -0.39 is 0 Å². The molecule has 2 rings (SSSR count). The van der Waals surface area contributed by atoms with Crippen LogP contribution >= 0.6 is 0 Å². The largest absolute Gasteiger partial charge is 0.494 e. The molecule has 0 unspecified atom stereocenters. The first-order valence-electron chi connectivity index (χ1n) is 7.07. The molecular weight excluding hydrogens is 284 g/mol. The van der Waals surface area contributed by atoms with Crippen LogP contribution in [0.25, 0.3) is 0 Å². The Kier molecular flexibility index (Phi) is 4.98. The number of ether oxygens (including phenoxy) is 1. The molecule has 0 radical (unpaired) electrons. The highest BCUT2D eigenvalue weighted by atomic mass is 16.6. The molecular formula is C15H20N4O3. The molecule has 1 aromatic heterocycles. The van der Waals surface area contributed by atoms with Crippen molar-refractivity contribution in [2.75, 3.05) is 25.1 Å². The van der Waals surface area contributed by atoms with E-state index in [-0.39, 0.29) is 10.6 Å². The molecule has 0 saturated heterocycles. The first-order valence-corrected chi connectivity index (χ1v) is 7.07. The van der Waals surface area contributed by atoms with E-state index in [1.54, 1.807) is 18.7 Å². The SMILES string of the molecule is Cc1nn(C)c(N(C)CCCOc2ccccc2)c1[N+](=O)[O-]. The lowest BCUT2D eigenvalue weighted by atomic mass is 10.3. The number of nitro groups is 1. The Morgan fingerprint density at radius 1 is 1.36 bits per heavy atom. The van der Waals surface area contributed by atoms with Gasteiger partial charge in [0.05, 0.1) is 11.5 Å². The van der Waals surface area contributed by atoms with Gasteiger partial charge in [0.25, 0.3) is 0 Å². The summed E-state index contributed by atoms with van der Waals surface area (Å²) in [7, 11) is 3.54. The van der Waals surface area contributed by atoms with Gasteiger partial charge in [0.15, 0.2) is 0 Å². The Bertz CT molecular complexity index is 640. The zero-order valence-corrected chi connectivity index (χ0v) is 13.0. The highest BCUT2D eigenvalue weighted by molar-refractivity contribution is 5.60. The van der Waals surface area contributed by atoms with Crippen molar-refractivity contribution in [3.8, 4) is 5.75 Å². The molecule has 1 heterocycles. The van der Waals surface area contributed by atoms with E-state index >= 15 is 0 Å². The maximum absolute atomic E-state index is 11.2. The van der Waals surface area contributed by atoms with E-state index in [0.717, 1.165) is 12.2 Å². The average Bonchev–Trinajstić information content (AvgIpc) is 2.79. The van der Waals surface area contributed by atoms with Gasteiger partial charge in [-0.2, -0.15) is 5.10 Å². The number of anilines is 1. The molecule has 0 atom stereocenters. The lowest BCUT2D eigenvalue weighted by molar-refractivity contribution is -0.384. The van der Waals surface area contributed by atoms with Gasteiger partial charge in [-0.1, -0.05) is 18.2 Å². The van der Waals surface area contributed by atoms with Crippen molar-refractivity contribution in [1.82, 2.24) is 9.78 Å². The van der Waals surface area contributed by atoms with Crippen LogP contribution in [0.2, 0.25) is 0 Å². The van der Waals surface area contributed by atoms with Crippen LogP contribution in [0.15, 0.2) is 30.3 Å². The summed E-state index contributed by atoms with van der Waals surface area (Å²) in [6, 6.07) is 9.58. The summed E-state index contributed by atoms with van der Waals surface area (Å²) in [5.41, 5.74) is 0.490. The fraction of sp³-hybridized carbons (Fsp3) is 0.400. The second-order valence-corrected chi connectivity index (χ2v) is 5.07. The minimum atomic E-state index is -0.380. The minimum absolute atomic E-state index is 0.0639. The zero-order valence-electron chi connectivity index (χ0n) is 13.0. The average molecular weight is 304 g/mol. The first kappa shape index (κ1) is 15.8. The molecule has 0 amide bonds. The van der Waals surface area contributed by atoms with E-state index in [9.17, 15) is 10.1 Å². The number of hydrogen-bond acceptors (Lipinski definition) is 5. The molecule has 0 bridgehead atoms. The summed E-state index contributed by atoms with van der Waals surface area (Å²) in [4.78, 5) is 12.6. The Hall–Kier alpha value is -2.57. The minimum Gasteiger partial charge on any atom is -0.494 e. The van der Waals surface area contributed by atoms with Gasteiger partial charge in [-0.15, -0.1) is 0 Å². The molecule has 7 heteroatoms. The van der Waals surface area contributed by atoms with Crippen LogP contribution in [0.5, 0.6) is 5.75 Å². The summed E-state index contributed by atoms with van der Waals surface area (Å²) < 4.78 is 7.17. The Labute approximate surface area is 129 Å². The van der Waals surface area contributed by atoms with E-state index in [1.165, 1.54) is 0 Å². The van der Waals surface area contributed by atoms with Crippen LogP contribution < -0.4 is 9.64 Å². The van der Waals surface area contributed by atoms with Crippen LogP contribution in [0.4, 0.5) is 11.5 Å². The second-order valence-electron chi connectivity index (χ2n) is 5.07. The van der Waals surface area contributed by atoms with E-state index in [0.29, 0.717) is 24.7 Å². The maximum atomic E-state index is 11.2. The Morgan fingerprint density at radius 2 is 2.05 bits per heavy atom. The standard InChI is InChI=1S/C15H20N4O3/c1-12-14(19(20)21)15(18(3)16-12)17(2)10-7-11-22-13-8-5-4-6-9-13/h4-6,8-9H,7,10-11H2,1-3H3. The van der Waals surface area contributed by atoms with Crippen molar-refractivity contribution in [2.24, 2.45) is 7.05 Å². The summed E-state index contributed by atoms with van der Waals surface area (Å²) in [5, 5.41) is 15.3. The number of benzene rings is 1. The second kappa shape index (κ2) is 6.93. The van der Waals surface area contributed by atoms with E-state index in [2.05, 4.69) is 5.10 Å². The lowest BCUT2D eigenvalue weighted by Gasteiger charge is -2.18. The Morgan fingerprint density at radius 3 is 2.68 bits per heavy atom. The normalized spacial score (nSPS) is 10.5. The molecule has 2 aromatic rings. The van der Waals surface area contributed by atoms with Crippen molar-refractivity contribution in [2.45, 2.75) is 13.3 Å². The predicted molar refractivity (Wildman–Crippen MR) is 84.4 cm³/mol. The van der Waals surface area contributed by atoms with E-state index in [1.807, 2.05) is 42.3 Å². The number of aryl methyl sites for hydroxylation is 2. The fourth-order valence-corrected chi connectivity index (χ4v) is 2.39. The lowest BCUT2D eigenvalue weighted by Crippen LogP contribution is -2.23. The van der Waals surface area contributed by atoms with Crippen LogP contribution in [-0.4, -0.2) is 34.9 Å². The van der Waals surface area contributed by atoms with Crippen molar-refractivity contribution in [3.05, 3.63) is 46.1 Å². The van der Waals surface area contributed by atoms with Crippen LogP contribution in [0, 0.1) is 17.0 Å². The third-order valence-electron chi connectivity index (χ3n) is 3.35. The quantitative estimate of drug-likeness (QED) is 0.446. The molecule has 0 aliphatic rings. The highest BCUT2D eigenvalue weighted by Crippen LogP contribution is 2.30. The van der Waals surface area contributed by atoms with Gasteiger partial charge in [-0.3, -0.25) is 10.1 Å². The number of para-hydroxylation sites is 1. The predicted octanol–water partition coefficient (Wildman–Crippen LogP) is 2.54. The molecule has 7 nitrogen and oxygen atoms in total. The third-order valence-corrected chi connectivity index (χ3v) is 3.35. The Balaban J connectivity index is 1.93. The smallest absolute Gasteiger partial charge is 0.333 e. The summed E-state index contributed by atoms with van der Waals surface area (Å²) in [6.07, 6.45) is 0.757. The van der Waals surface area contributed by atoms with E-state index in [4.69, 9.17) is 4.74 Å². The molecule has 0 spiro atoms. The first-order chi connectivity index (χ1) is 10.5. The van der Waals surface area contributed by atoms with Crippen molar-refractivity contribution >= 4 is 11.5 Å². The molecule has 118 valence electrons. The van der Waals surface area contributed by atoms with Gasteiger partial charge >= 0.3 is 5.69 Å². The molecule has 0 saturated carbocycles. The molecule has 0 N–H and O–H groups in total. The summed E-state index contributed by atoms with van der Waals surface area (Å²) in [5.74, 6) is 1.34. The van der Waals surface area contributed by atoms with Gasteiger partial charge in [-0.25, -0.2) is 4.68 Å². The van der Waals surface area contributed by atoms with Gasteiger partial charge in [0.1, 0.15) is 11.4 Å². The number of aromatic nitrogens is 2. The molecule has 0 fully saturated rings. The summed E-state index contributed by atoms with van der Waals surface area (Å²) in [6.45, 7) is 2.85. The molecule has 0 aliphatic carbocycles. The molecule has 1 aromatic carbocycles. The molecule has 22 heavy (non-hydrogen) atoms. The maximum Gasteiger partial charge on any atom is 0.333 e. The number of hydrogen-bond donors (Lipinski definition) is 0. The number of nitrogens with zero attached hydrogens (tertiary/aromatic N) is 4. The van der Waals surface area contributed by atoms with Crippen LogP contribution in [-0.2, 0) is 7.05 Å². The van der Waals surface area contributed by atoms with Crippen molar-refractivity contribution in [1.29, 1.82) is 0 Å². The summed E-state index contributed by atoms with van der Waals surface area (Å²) >= 11 is 0. The third kappa shape index (κ3) is 3.55. The van der Waals surface area contributed by atoms with Gasteiger partial charge in [-0.05, 0) is 25.5 Å². The monoisotopic (exact) mass is 304 g/mol. The van der Waals surface area contributed by atoms with Gasteiger partial charge < -0.3 is 9.64 Å². The highest BCUT2D eigenvalue weighted by Gasteiger charge is 2.26. The molecule has 0 aliphatic heterocycles. The van der Waals surface area contributed by atoms with Crippen molar-refractivity contribution in [3.63, 3.8) is 0 Å². The fourth-order valence-electron chi connectivity index (χ4n) is 2.39.